The van der Waals surface area contributed by atoms with Crippen LogP contribution in [0, 0.1) is 0 Å². The van der Waals surface area contributed by atoms with Crippen LogP contribution < -0.4 is 14.4 Å². The average molecular weight is 506 g/mol. The molecule has 172 valence electrons. The highest BCUT2D eigenvalue weighted by atomic mass is 79.9. The smallest absolute Gasteiger partial charge is 0.276 e. The fourth-order valence-corrected chi connectivity index (χ4v) is 3.96. The van der Waals surface area contributed by atoms with E-state index in [2.05, 4.69) is 25.9 Å². The molecule has 3 rings (SSSR count). The maximum Gasteiger partial charge on any atom is 0.276 e. The van der Waals surface area contributed by atoms with Crippen molar-refractivity contribution in [2.24, 2.45) is 5.10 Å². The Bertz CT molecular complexity index is 920. The van der Waals surface area contributed by atoms with Gasteiger partial charge in [-0.15, -0.1) is 0 Å². The minimum atomic E-state index is -0.759. The van der Waals surface area contributed by atoms with Gasteiger partial charge in [0.25, 0.3) is 5.91 Å². The fourth-order valence-electron chi connectivity index (χ4n) is 3.40. The monoisotopic (exact) mass is 505 g/mol. The Morgan fingerprint density at radius 3 is 2.25 bits per heavy atom. The SMILES string of the molecule is COc1cc(/C=N/N(C)C(=O)C(OC)c2ccc(N3CCOCC3)cc2)cc(OC)c1Br. The Hall–Kier alpha value is -2.62. The lowest BCUT2D eigenvalue weighted by atomic mass is 10.1. The van der Waals surface area contributed by atoms with Gasteiger partial charge < -0.3 is 23.8 Å². The zero-order valence-electron chi connectivity index (χ0n) is 18.7. The Balaban J connectivity index is 1.72. The highest BCUT2D eigenvalue weighted by Crippen LogP contribution is 2.35. The first kappa shape index (κ1) is 24.0. The number of likely N-dealkylation sites (N-methyl/N-ethyl adjacent to an activating group) is 1. The quantitative estimate of drug-likeness (QED) is 0.403. The molecular formula is C23H28BrN3O5. The Labute approximate surface area is 196 Å². The number of nitrogens with zero attached hydrogens (tertiary/aromatic N) is 3. The van der Waals surface area contributed by atoms with Crippen LogP contribution in [0.2, 0.25) is 0 Å². The maximum absolute atomic E-state index is 13.0. The zero-order chi connectivity index (χ0) is 23.1. The van der Waals surface area contributed by atoms with Gasteiger partial charge in [0.05, 0.1) is 33.6 Å². The molecule has 1 aliphatic heterocycles. The molecule has 1 aliphatic rings. The molecule has 1 atom stereocenters. The molecule has 2 aromatic carbocycles. The van der Waals surface area contributed by atoms with Gasteiger partial charge in [0.15, 0.2) is 6.10 Å². The number of hydrazone groups is 1. The van der Waals surface area contributed by atoms with Crippen molar-refractivity contribution in [3.05, 3.63) is 52.0 Å². The highest BCUT2D eigenvalue weighted by Gasteiger charge is 2.24. The summed E-state index contributed by atoms with van der Waals surface area (Å²) in [5.74, 6) is 0.934. The number of carbonyl (C=O) groups excluding carboxylic acids is 1. The number of morpholine rings is 1. The van der Waals surface area contributed by atoms with E-state index in [1.807, 2.05) is 24.3 Å². The lowest BCUT2D eigenvalue weighted by Gasteiger charge is -2.29. The van der Waals surface area contributed by atoms with E-state index < -0.39 is 6.10 Å². The van der Waals surface area contributed by atoms with Crippen LogP contribution in [0.1, 0.15) is 17.2 Å². The van der Waals surface area contributed by atoms with Crippen LogP contribution in [-0.2, 0) is 14.3 Å². The molecule has 0 aliphatic carbocycles. The van der Waals surface area contributed by atoms with Crippen LogP contribution in [0.15, 0.2) is 46.0 Å². The largest absolute Gasteiger partial charge is 0.495 e. The van der Waals surface area contributed by atoms with E-state index in [0.717, 1.165) is 43.1 Å². The van der Waals surface area contributed by atoms with Crippen LogP contribution >= 0.6 is 15.9 Å². The molecule has 0 spiro atoms. The molecule has 1 saturated heterocycles. The van der Waals surface area contributed by atoms with Gasteiger partial charge in [-0.1, -0.05) is 12.1 Å². The number of amides is 1. The van der Waals surface area contributed by atoms with Crippen LogP contribution in [0.25, 0.3) is 0 Å². The molecule has 2 aromatic rings. The van der Waals surface area contributed by atoms with Crippen molar-refractivity contribution in [3.8, 4) is 11.5 Å². The van der Waals surface area contributed by atoms with Gasteiger partial charge in [0.2, 0.25) is 0 Å². The molecule has 1 amide bonds. The third kappa shape index (κ3) is 5.59. The number of benzene rings is 2. The highest BCUT2D eigenvalue weighted by molar-refractivity contribution is 9.10. The van der Waals surface area contributed by atoms with Crippen molar-refractivity contribution in [3.63, 3.8) is 0 Å². The van der Waals surface area contributed by atoms with Crippen molar-refractivity contribution < 1.29 is 23.7 Å². The van der Waals surface area contributed by atoms with Gasteiger partial charge in [-0.2, -0.15) is 5.10 Å². The van der Waals surface area contributed by atoms with Crippen molar-refractivity contribution in [1.82, 2.24) is 5.01 Å². The number of methoxy groups -OCH3 is 3. The van der Waals surface area contributed by atoms with Crippen molar-refractivity contribution in [1.29, 1.82) is 0 Å². The van der Waals surface area contributed by atoms with E-state index in [9.17, 15) is 4.79 Å². The molecule has 1 unspecified atom stereocenters. The van der Waals surface area contributed by atoms with Crippen LogP contribution in [0.3, 0.4) is 0 Å². The molecule has 8 nitrogen and oxygen atoms in total. The molecule has 1 fully saturated rings. The summed E-state index contributed by atoms with van der Waals surface area (Å²) in [6.07, 6.45) is 0.814. The lowest BCUT2D eigenvalue weighted by molar-refractivity contribution is -0.141. The fraction of sp³-hybridized carbons (Fsp3) is 0.391. The van der Waals surface area contributed by atoms with Crippen LogP contribution in [0.4, 0.5) is 5.69 Å². The maximum atomic E-state index is 13.0. The van der Waals surface area contributed by atoms with Gasteiger partial charge >= 0.3 is 0 Å². The van der Waals surface area contributed by atoms with Crippen molar-refractivity contribution in [2.75, 3.05) is 59.6 Å². The molecule has 9 heteroatoms. The Kier molecular flexibility index (Phi) is 8.49. The van der Waals surface area contributed by atoms with E-state index in [1.54, 1.807) is 39.6 Å². The minimum absolute atomic E-state index is 0.279. The molecule has 1 heterocycles. The topological polar surface area (TPSA) is 72.8 Å². The molecular weight excluding hydrogens is 478 g/mol. The first-order valence-electron chi connectivity index (χ1n) is 10.2. The summed E-state index contributed by atoms with van der Waals surface area (Å²) in [6, 6.07) is 11.4. The number of carbonyl (C=O) groups is 1. The van der Waals surface area contributed by atoms with Crippen molar-refractivity contribution in [2.45, 2.75) is 6.10 Å². The molecule has 0 N–H and O–H groups in total. The molecule has 32 heavy (non-hydrogen) atoms. The molecule has 0 saturated carbocycles. The Morgan fingerprint density at radius 1 is 1.12 bits per heavy atom. The van der Waals surface area contributed by atoms with Gasteiger partial charge in [-0.3, -0.25) is 4.79 Å². The summed E-state index contributed by atoms with van der Waals surface area (Å²) in [5.41, 5.74) is 2.60. The standard InChI is InChI=1S/C23H28BrN3O5/c1-26(25-15-16-13-19(29-2)21(24)20(14-16)30-3)23(28)22(31-4)17-5-7-18(8-6-17)27-9-11-32-12-10-27/h5-8,13-15,22H,9-12H2,1-4H3/b25-15+. The van der Waals surface area contributed by atoms with E-state index in [4.69, 9.17) is 18.9 Å². The molecule has 0 aromatic heterocycles. The number of ether oxygens (including phenoxy) is 4. The van der Waals surface area contributed by atoms with Gasteiger partial charge in [-0.05, 0) is 45.8 Å². The van der Waals surface area contributed by atoms with Crippen molar-refractivity contribution >= 4 is 33.7 Å². The summed E-state index contributed by atoms with van der Waals surface area (Å²) in [5, 5.41) is 5.56. The van der Waals surface area contributed by atoms with E-state index in [1.165, 1.54) is 12.1 Å². The van der Waals surface area contributed by atoms with Gasteiger partial charge in [-0.25, -0.2) is 5.01 Å². The molecule has 0 bridgehead atoms. The zero-order valence-corrected chi connectivity index (χ0v) is 20.3. The Morgan fingerprint density at radius 2 is 1.72 bits per heavy atom. The normalized spacial score (nSPS) is 15.0. The summed E-state index contributed by atoms with van der Waals surface area (Å²) in [6.45, 7) is 3.16. The van der Waals surface area contributed by atoms with E-state index in [0.29, 0.717) is 16.0 Å². The lowest BCUT2D eigenvalue weighted by Crippen LogP contribution is -2.36. The first-order chi connectivity index (χ1) is 15.5. The summed E-state index contributed by atoms with van der Waals surface area (Å²) in [4.78, 5) is 15.2. The second-order valence-corrected chi connectivity index (χ2v) is 7.95. The second-order valence-electron chi connectivity index (χ2n) is 7.15. The van der Waals surface area contributed by atoms with E-state index in [-0.39, 0.29) is 5.91 Å². The van der Waals surface area contributed by atoms with Gasteiger partial charge in [0.1, 0.15) is 16.0 Å². The minimum Gasteiger partial charge on any atom is -0.495 e. The number of hydrogen-bond donors (Lipinski definition) is 0. The third-order valence-electron chi connectivity index (χ3n) is 5.20. The first-order valence-corrected chi connectivity index (χ1v) is 11.0. The summed E-state index contributed by atoms with van der Waals surface area (Å²) < 4.78 is 22.3. The number of rotatable bonds is 8. The third-order valence-corrected chi connectivity index (χ3v) is 5.98. The van der Waals surface area contributed by atoms with Crippen LogP contribution in [0.5, 0.6) is 11.5 Å². The predicted octanol–water partition coefficient (Wildman–Crippen LogP) is 3.48. The molecule has 0 radical (unpaired) electrons. The summed E-state index contributed by atoms with van der Waals surface area (Å²) >= 11 is 3.44. The second kappa shape index (κ2) is 11.3. The van der Waals surface area contributed by atoms with Gasteiger partial charge in [0, 0.05) is 38.5 Å². The predicted molar refractivity (Wildman–Crippen MR) is 127 cm³/mol. The van der Waals surface area contributed by atoms with E-state index >= 15 is 0 Å². The van der Waals surface area contributed by atoms with Crippen LogP contribution in [-0.4, -0.2) is 71.8 Å². The number of anilines is 1. The summed E-state index contributed by atoms with van der Waals surface area (Å²) in [7, 11) is 6.26. The number of hydrogen-bond acceptors (Lipinski definition) is 7. The average Bonchev–Trinajstić information content (AvgIpc) is 2.84. The number of halogens is 1.